The zero-order valence-corrected chi connectivity index (χ0v) is 20.0. The van der Waals surface area contributed by atoms with Crippen molar-refractivity contribution in [2.75, 3.05) is 5.32 Å². The van der Waals surface area contributed by atoms with Crippen molar-refractivity contribution in [3.05, 3.63) is 72.9 Å². The lowest BCUT2D eigenvalue weighted by Gasteiger charge is -2.10. The number of anilines is 1. The van der Waals surface area contributed by atoms with Gasteiger partial charge in [0.15, 0.2) is 11.5 Å². The number of imidazole rings is 1. The third-order valence-electron chi connectivity index (χ3n) is 6.75. The van der Waals surface area contributed by atoms with Gasteiger partial charge >= 0.3 is 0 Å². The average molecular weight is 487 g/mol. The van der Waals surface area contributed by atoms with Crippen molar-refractivity contribution in [3.63, 3.8) is 0 Å². The van der Waals surface area contributed by atoms with Crippen LogP contribution < -0.4 is 5.32 Å². The topological polar surface area (TPSA) is 125 Å². The van der Waals surface area contributed by atoms with Crippen molar-refractivity contribution in [3.8, 4) is 33.8 Å². The number of aryl methyl sites for hydroxylation is 1. The van der Waals surface area contributed by atoms with E-state index in [1.54, 1.807) is 18.6 Å². The predicted molar refractivity (Wildman–Crippen MR) is 142 cm³/mol. The molecular weight excluding hydrogens is 464 g/mol. The Hall–Kier alpha value is -4.92. The third-order valence-corrected chi connectivity index (χ3v) is 6.75. The molecule has 5 aromatic heterocycles. The molecule has 0 unspecified atom stereocenters. The van der Waals surface area contributed by atoms with E-state index in [-0.39, 0.29) is 11.8 Å². The Morgan fingerprint density at radius 1 is 1.00 bits per heavy atom. The number of para-hydroxylation sites is 1. The van der Waals surface area contributed by atoms with Gasteiger partial charge in [-0.2, -0.15) is 5.10 Å². The van der Waals surface area contributed by atoms with Crippen molar-refractivity contribution in [1.29, 1.82) is 0 Å². The van der Waals surface area contributed by atoms with Gasteiger partial charge in [0, 0.05) is 53.0 Å². The van der Waals surface area contributed by atoms with Crippen LogP contribution in [0.4, 0.5) is 5.69 Å². The summed E-state index contributed by atoms with van der Waals surface area (Å²) in [6.45, 7) is 1.89. The molecule has 5 heterocycles. The fourth-order valence-electron chi connectivity index (χ4n) is 4.54. The molecule has 1 aliphatic carbocycles. The Kier molecular flexibility index (Phi) is 4.81. The highest BCUT2D eigenvalue weighted by molar-refractivity contribution is 5.98. The van der Waals surface area contributed by atoms with Crippen LogP contribution in [0, 0.1) is 12.8 Å². The van der Waals surface area contributed by atoms with Crippen molar-refractivity contribution in [1.82, 2.24) is 35.1 Å². The van der Waals surface area contributed by atoms with E-state index in [1.165, 1.54) is 0 Å². The van der Waals surface area contributed by atoms with E-state index in [9.17, 15) is 4.79 Å². The van der Waals surface area contributed by atoms with Gasteiger partial charge in [-0.05, 0) is 44.0 Å². The van der Waals surface area contributed by atoms with Crippen LogP contribution in [0.25, 0.3) is 55.8 Å². The lowest BCUT2D eigenvalue weighted by atomic mass is 10.1. The molecule has 1 saturated carbocycles. The molecule has 180 valence electrons. The second kappa shape index (κ2) is 8.34. The molecular formula is C28H22N8O. The number of hydrogen-bond donors (Lipinski definition) is 3. The van der Waals surface area contributed by atoms with Gasteiger partial charge in [0.25, 0.3) is 0 Å². The molecule has 0 radical (unpaired) electrons. The smallest absolute Gasteiger partial charge is 0.227 e. The highest BCUT2D eigenvalue weighted by Gasteiger charge is 2.30. The number of benzene rings is 1. The number of nitrogens with one attached hydrogen (secondary N) is 3. The summed E-state index contributed by atoms with van der Waals surface area (Å²) in [5.74, 6) is 0.830. The largest absolute Gasteiger partial charge is 0.337 e. The van der Waals surface area contributed by atoms with Crippen molar-refractivity contribution >= 4 is 33.7 Å². The molecule has 6 aromatic rings. The zero-order valence-electron chi connectivity index (χ0n) is 20.0. The van der Waals surface area contributed by atoms with Crippen LogP contribution >= 0.6 is 0 Å². The van der Waals surface area contributed by atoms with Gasteiger partial charge in [-0.15, -0.1) is 0 Å². The average Bonchev–Trinajstić information content (AvgIpc) is 3.56. The van der Waals surface area contributed by atoms with Crippen molar-refractivity contribution < 1.29 is 4.79 Å². The summed E-state index contributed by atoms with van der Waals surface area (Å²) in [5, 5.41) is 11.4. The summed E-state index contributed by atoms with van der Waals surface area (Å²) < 4.78 is 0. The maximum atomic E-state index is 12.3. The number of rotatable bonds is 5. The van der Waals surface area contributed by atoms with Gasteiger partial charge in [-0.3, -0.25) is 19.9 Å². The standard InChI is InChI=1S/C28H22N8O/c1-15-23(33-28(37)16-7-8-16)11-19(13-30-15)18-10-21-25(35-36-26(21)31-14-18)27-32-22-6-2-5-20(24(22)34-27)17-4-3-9-29-12-17/h2-6,9-14,16H,7-8H2,1H3,(H,32,34)(H,33,37)(H,31,35,36). The molecule has 1 fully saturated rings. The highest BCUT2D eigenvalue weighted by Crippen LogP contribution is 2.34. The first-order valence-electron chi connectivity index (χ1n) is 12.2. The first kappa shape index (κ1) is 21.4. The van der Waals surface area contributed by atoms with Crippen LogP contribution in [0.1, 0.15) is 18.5 Å². The van der Waals surface area contributed by atoms with Crippen LogP contribution in [0.15, 0.2) is 67.3 Å². The van der Waals surface area contributed by atoms with E-state index >= 15 is 0 Å². The van der Waals surface area contributed by atoms with Crippen molar-refractivity contribution in [2.45, 2.75) is 19.8 Å². The van der Waals surface area contributed by atoms with E-state index in [1.807, 2.05) is 55.6 Å². The molecule has 7 rings (SSSR count). The second-order valence-corrected chi connectivity index (χ2v) is 9.34. The first-order valence-corrected chi connectivity index (χ1v) is 12.2. The lowest BCUT2D eigenvalue weighted by molar-refractivity contribution is -0.117. The minimum absolute atomic E-state index is 0.0586. The number of carbonyl (C=O) groups excluding carboxylic acids is 1. The number of fused-ring (bicyclic) bond motifs is 2. The number of aromatic amines is 2. The number of hydrogen-bond acceptors (Lipinski definition) is 6. The Morgan fingerprint density at radius 2 is 1.86 bits per heavy atom. The highest BCUT2D eigenvalue weighted by atomic mass is 16.2. The molecule has 0 saturated heterocycles. The fraction of sp³-hybridized carbons (Fsp3) is 0.143. The molecule has 1 aromatic carbocycles. The van der Waals surface area contributed by atoms with Crippen molar-refractivity contribution in [2.24, 2.45) is 5.92 Å². The summed E-state index contributed by atoms with van der Waals surface area (Å²) in [7, 11) is 0. The van der Waals surface area contributed by atoms with Gasteiger partial charge in [0.05, 0.1) is 27.8 Å². The molecule has 3 N–H and O–H groups in total. The molecule has 0 aliphatic heterocycles. The van der Waals surface area contributed by atoms with E-state index < -0.39 is 0 Å². The molecule has 0 bridgehead atoms. The normalized spacial score (nSPS) is 13.3. The minimum Gasteiger partial charge on any atom is -0.337 e. The second-order valence-electron chi connectivity index (χ2n) is 9.34. The maximum absolute atomic E-state index is 12.3. The Labute approximate surface area is 211 Å². The van der Waals surface area contributed by atoms with Crippen LogP contribution in [-0.4, -0.2) is 41.0 Å². The SMILES string of the molecule is Cc1ncc(-c2cnc3[nH]nc(-c4nc5c(-c6cccnc6)cccc5[nH]4)c3c2)cc1NC(=O)C1CC1. The van der Waals surface area contributed by atoms with Crippen LogP contribution in [-0.2, 0) is 4.79 Å². The summed E-state index contributed by atoms with van der Waals surface area (Å²) in [6, 6.07) is 13.9. The number of carbonyl (C=O) groups is 1. The number of pyridine rings is 3. The summed E-state index contributed by atoms with van der Waals surface area (Å²) in [6.07, 6.45) is 9.07. The Morgan fingerprint density at radius 3 is 2.70 bits per heavy atom. The molecule has 1 amide bonds. The number of aromatic nitrogens is 7. The minimum atomic E-state index is 0.0586. The van der Waals surface area contributed by atoms with Gasteiger partial charge in [-0.25, -0.2) is 9.97 Å². The Bertz CT molecular complexity index is 1800. The molecule has 1 aliphatic rings. The molecule has 9 heteroatoms. The van der Waals surface area contributed by atoms with E-state index in [0.29, 0.717) is 17.2 Å². The summed E-state index contributed by atoms with van der Waals surface area (Å²) >= 11 is 0. The lowest BCUT2D eigenvalue weighted by Crippen LogP contribution is -2.14. The monoisotopic (exact) mass is 486 g/mol. The Balaban J connectivity index is 1.29. The van der Waals surface area contributed by atoms with Gasteiger partial charge in [0.2, 0.25) is 5.91 Å². The van der Waals surface area contributed by atoms with Gasteiger partial charge < -0.3 is 10.3 Å². The molecule has 0 atom stereocenters. The molecule has 37 heavy (non-hydrogen) atoms. The van der Waals surface area contributed by atoms with Crippen LogP contribution in [0.5, 0.6) is 0 Å². The van der Waals surface area contributed by atoms with Crippen LogP contribution in [0.2, 0.25) is 0 Å². The maximum Gasteiger partial charge on any atom is 0.227 e. The number of H-pyrrole nitrogens is 2. The summed E-state index contributed by atoms with van der Waals surface area (Å²) in [5.41, 5.74) is 8.34. The molecule has 9 nitrogen and oxygen atoms in total. The van der Waals surface area contributed by atoms with E-state index in [0.717, 1.165) is 62.9 Å². The van der Waals surface area contributed by atoms with Gasteiger partial charge in [-0.1, -0.05) is 18.2 Å². The quantitative estimate of drug-likeness (QED) is 0.304. The number of amides is 1. The van der Waals surface area contributed by atoms with E-state index in [2.05, 4.69) is 35.5 Å². The van der Waals surface area contributed by atoms with E-state index in [4.69, 9.17) is 4.98 Å². The summed E-state index contributed by atoms with van der Waals surface area (Å²) in [4.78, 5) is 34.0. The van der Waals surface area contributed by atoms with Gasteiger partial charge in [0.1, 0.15) is 5.69 Å². The molecule has 0 spiro atoms. The fourth-order valence-corrected chi connectivity index (χ4v) is 4.54. The van der Waals surface area contributed by atoms with Crippen LogP contribution in [0.3, 0.4) is 0 Å². The predicted octanol–water partition coefficient (Wildman–Crippen LogP) is 5.28. The third kappa shape index (κ3) is 3.81. The first-order chi connectivity index (χ1) is 18.1. The number of nitrogens with zero attached hydrogens (tertiary/aromatic N) is 5. The zero-order chi connectivity index (χ0) is 24.9.